The Morgan fingerprint density at radius 2 is 1.78 bits per heavy atom. The van der Waals surface area contributed by atoms with Gasteiger partial charge in [0.2, 0.25) is 21.1 Å². The fraction of sp³-hybridized carbons (Fsp3) is 0.619. The molecule has 0 unspecified atom stereocenters. The second-order valence-electron chi connectivity index (χ2n) is 8.70. The maximum absolute atomic E-state index is 13.1. The first-order chi connectivity index (χ1) is 15.5. The number of hydrogen-bond acceptors (Lipinski definition) is 7. The molecule has 2 fully saturated rings. The molecule has 1 aromatic heterocycles. The van der Waals surface area contributed by atoms with Gasteiger partial charge in [-0.2, -0.15) is 4.31 Å². The number of tetrazole rings is 1. The lowest BCUT2D eigenvalue weighted by Gasteiger charge is -2.34. The van der Waals surface area contributed by atoms with E-state index in [0.29, 0.717) is 42.3 Å². The van der Waals surface area contributed by atoms with Gasteiger partial charge >= 0.3 is 0 Å². The van der Waals surface area contributed by atoms with Crippen LogP contribution in [0.4, 0.5) is 0 Å². The van der Waals surface area contributed by atoms with E-state index in [0.717, 1.165) is 37.7 Å². The first-order valence-corrected chi connectivity index (χ1v) is 13.8. The number of aromatic nitrogens is 4. The predicted octanol–water partition coefficient (Wildman–Crippen LogP) is 1.90. The van der Waals surface area contributed by atoms with Crippen LogP contribution in [0, 0.1) is 0 Å². The van der Waals surface area contributed by atoms with Crippen LogP contribution in [0.25, 0.3) is 0 Å². The minimum absolute atomic E-state index is 0.00875. The molecule has 172 valence electrons. The van der Waals surface area contributed by atoms with E-state index < -0.39 is 10.0 Å². The van der Waals surface area contributed by atoms with E-state index in [1.54, 1.807) is 11.0 Å². The number of nitrogens with zero attached hydrogens (tertiary/aromatic N) is 6. The van der Waals surface area contributed by atoms with E-state index in [4.69, 9.17) is 0 Å². The van der Waals surface area contributed by atoms with Gasteiger partial charge in [0.1, 0.15) is 0 Å². The molecule has 3 aliphatic rings. The van der Waals surface area contributed by atoms with Gasteiger partial charge in [0.25, 0.3) is 0 Å². The lowest BCUT2D eigenvalue weighted by molar-refractivity contribution is -0.129. The van der Waals surface area contributed by atoms with Crippen LogP contribution in [0.2, 0.25) is 0 Å². The van der Waals surface area contributed by atoms with Crippen molar-refractivity contribution in [2.75, 3.05) is 31.9 Å². The molecule has 0 atom stereocenters. The van der Waals surface area contributed by atoms with Gasteiger partial charge < -0.3 is 4.90 Å². The Hall–Kier alpha value is -1.98. The highest BCUT2D eigenvalue weighted by Gasteiger charge is 2.31. The molecule has 1 saturated carbocycles. The van der Waals surface area contributed by atoms with Crippen molar-refractivity contribution >= 4 is 27.7 Å². The van der Waals surface area contributed by atoms with Gasteiger partial charge in [-0.1, -0.05) is 30.7 Å². The van der Waals surface area contributed by atoms with E-state index in [9.17, 15) is 13.2 Å². The summed E-state index contributed by atoms with van der Waals surface area (Å²) in [6.45, 7) is 1.43. The Bertz CT molecular complexity index is 1090. The zero-order chi connectivity index (χ0) is 22.1. The molecule has 1 aromatic carbocycles. The number of piperazine rings is 1. The third kappa shape index (κ3) is 4.29. The normalized spacial score (nSPS) is 20.1. The van der Waals surface area contributed by atoms with Gasteiger partial charge in [0.15, 0.2) is 0 Å². The quantitative estimate of drug-likeness (QED) is 0.587. The van der Waals surface area contributed by atoms with Gasteiger partial charge in [-0.15, -0.1) is 5.10 Å². The van der Waals surface area contributed by atoms with E-state index in [-0.39, 0.29) is 11.7 Å². The van der Waals surface area contributed by atoms with Crippen LogP contribution < -0.4 is 0 Å². The van der Waals surface area contributed by atoms with Crippen molar-refractivity contribution in [1.29, 1.82) is 0 Å². The molecule has 1 saturated heterocycles. The molecule has 1 amide bonds. The largest absolute Gasteiger partial charge is 0.339 e. The number of benzene rings is 1. The van der Waals surface area contributed by atoms with Crippen LogP contribution in [-0.2, 0) is 27.7 Å². The molecule has 2 heterocycles. The van der Waals surface area contributed by atoms with E-state index in [1.807, 2.05) is 16.8 Å². The smallest absolute Gasteiger partial charge is 0.243 e. The van der Waals surface area contributed by atoms with Crippen molar-refractivity contribution in [2.45, 2.75) is 61.0 Å². The fourth-order valence-electron chi connectivity index (χ4n) is 4.91. The first kappa shape index (κ1) is 21.8. The van der Waals surface area contributed by atoms with Gasteiger partial charge in [-0.3, -0.25) is 4.79 Å². The number of fused-ring (bicyclic) bond motifs is 1. The van der Waals surface area contributed by atoms with Gasteiger partial charge in [0.05, 0.1) is 16.7 Å². The van der Waals surface area contributed by atoms with Crippen LogP contribution in [-0.4, -0.2) is 75.7 Å². The van der Waals surface area contributed by atoms with Crippen molar-refractivity contribution in [3.05, 3.63) is 29.3 Å². The van der Waals surface area contributed by atoms with Crippen LogP contribution in [0.3, 0.4) is 0 Å². The number of carbonyl (C=O) groups is 1. The number of sulfonamides is 1. The summed E-state index contributed by atoms with van der Waals surface area (Å²) in [6, 6.07) is 5.84. The van der Waals surface area contributed by atoms with Gasteiger partial charge in [0, 0.05) is 26.2 Å². The summed E-state index contributed by atoms with van der Waals surface area (Å²) in [4.78, 5) is 14.8. The minimum Gasteiger partial charge on any atom is -0.339 e. The van der Waals surface area contributed by atoms with Crippen LogP contribution in [0.15, 0.2) is 28.3 Å². The Balaban J connectivity index is 1.16. The van der Waals surface area contributed by atoms with Crippen molar-refractivity contribution in [1.82, 2.24) is 29.4 Å². The minimum atomic E-state index is -3.54. The van der Waals surface area contributed by atoms with Gasteiger partial charge in [-0.25, -0.2) is 13.1 Å². The Kier molecular flexibility index (Phi) is 6.22. The molecule has 2 aromatic rings. The molecule has 0 bridgehead atoms. The molecule has 0 radical (unpaired) electrons. The first-order valence-electron chi connectivity index (χ1n) is 11.3. The summed E-state index contributed by atoms with van der Waals surface area (Å²) in [5.74, 6) is 0.246. The van der Waals surface area contributed by atoms with Crippen LogP contribution >= 0.6 is 11.8 Å². The average Bonchev–Trinajstić information content (AvgIpc) is 3.58. The van der Waals surface area contributed by atoms with E-state index >= 15 is 0 Å². The summed E-state index contributed by atoms with van der Waals surface area (Å²) in [6.07, 6.45) is 7.59. The van der Waals surface area contributed by atoms with Crippen LogP contribution in [0.1, 0.15) is 49.3 Å². The lowest BCUT2D eigenvalue weighted by atomic mass is 10.1. The number of hydrogen-bond donors (Lipinski definition) is 0. The molecule has 9 nitrogen and oxygen atoms in total. The van der Waals surface area contributed by atoms with Crippen LogP contribution in [0.5, 0.6) is 0 Å². The number of thioether (sulfide) groups is 1. The van der Waals surface area contributed by atoms with E-state index in [2.05, 4.69) is 15.5 Å². The number of rotatable bonds is 6. The SMILES string of the molecule is O=C(CSc1nnnn1C1CCCC1)N1CCN(S(=O)(=O)c2ccc3c(c2)CCC3)CC1. The van der Waals surface area contributed by atoms with Gasteiger partial charge in [-0.05, 0) is 65.8 Å². The number of amides is 1. The summed E-state index contributed by atoms with van der Waals surface area (Å²) in [5.41, 5.74) is 2.41. The summed E-state index contributed by atoms with van der Waals surface area (Å²) >= 11 is 1.36. The predicted molar refractivity (Wildman–Crippen MR) is 120 cm³/mol. The summed E-state index contributed by atoms with van der Waals surface area (Å²) in [7, 11) is -3.54. The monoisotopic (exact) mass is 476 g/mol. The third-order valence-electron chi connectivity index (χ3n) is 6.76. The molecular weight excluding hydrogens is 448 g/mol. The Labute approximate surface area is 192 Å². The number of aryl methyl sites for hydroxylation is 2. The highest BCUT2D eigenvalue weighted by molar-refractivity contribution is 7.99. The molecule has 5 rings (SSSR count). The highest BCUT2D eigenvalue weighted by atomic mass is 32.2. The molecular formula is C21H28N6O3S2. The standard InChI is InChI=1S/C21H28N6O3S2/c28-20(15-31-21-22-23-24-27(21)18-6-1-2-7-18)25-10-12-26(13-11-25)32(29,30)19-9-8-16-4-3-5-17(16)14-19/h8-9,14,18H,1-7,10-13,15H2. The zero-order valence-corrected chi connectivity index (χ0v) is 19.7. The Morgan fingerprint density at radius 1 is 1.03 bits per heavy atom. The maximum atomic E-state index is 13.1. The molecule has 2 aliphatic carbocycles. The van der Waals surface area contributed by atoms with Crippen molar-refractivity contribution in [3.8, 4) is 0 Å². The topological polar surface area (TPSA) is 101 Å². The molecule has 1 aliphatic heterocycles. The fourth-order valence-corrected chi connectivity index (χ4v) is 7.23. The molecule has 0 N–H and O–H groups in total. The van der Waals surface area contributed by atoms with Crippen molar-refractivity contribution in [3.63, 3.8) is 0 Å². The highest BCUT2D eigenvalue weighted by Crippen LogP contribution is 2.31. The second kappa shape index (κ2) is 9.11. The number of carbonyl (C=O) groups excluding carboxylic acids is 1. The summed E-state index contributed by atoms with van der Waals surface area (Å²) < 4.78 is 29.6. The van der Waals surface area contributed by atoms with Crippen molar-refractivity contribution < 1.29 is 13.2 Å². The second-order valence-corrected chi connectivity index (χ2v) is 11.6. The third-order valence-corrected chi connectivity index (χ3v) is 9.57. The molecule has 32 heavy (non-hydrogen) atoms. The summed E-state index contributed by atoms with van der Waals surface area (Å²) in [5, 5.41) is 12.7. The Morgan fingerprint density at radius 3 is 2.56 bits per heavy atom. The lowest BCUT2D eigenvalue weighted by Crippen LogP contribution is -2.51. The molecule has 0 spiro atoms. The van der Waals surface area contributed by atoms with Crippen molar-refractivity contribution in [2.24, 2.45) is 0 Å². The van der Waals surface area contributed by atoms with E-state index in [1.165, 1.54) is 34.5 Å². The zero-order valence-electron chi connectivity index (χ0n) is 18.0. The maximum Gasteiger partial charge on any atom is 0.243 e. The molecule has 11 heteroatoms. The average molecular weight is 477 g/mol.